The number of amides is 1. The lowest BCUT2D eigenvalue weighted by atomic mass is 9.97. The van der Waals surface area contributed by atoms with Crippen molar-refractivity contribution in [3.05, 3.63) is 81.5 Å². The first-order valence-corrected chi connectivity index (χ1v) is 10.8. The first-order valence-electron chi connectivity index (χ1n) is 10.8. The van der Waals surface area contributed by atoms with Crippen LogP contribution in [0.15, 0.2) is 47.8 Å². The molecule has 2 N–H and O–H groups in total. The Bertz CT molecular complexity index is 1150. The highest BCUT2D eigenvalue weighted by atomic mass is 16.2. The van der Waals surface area contributed by atoms with Crippen LogP contribution in [-0.4, -0.2) is 50.0 Å². The van der Waals surface area contributed by atoms with E-state index in [-0.39, 0.29) is 23.1 Å². The summed E-state index contributed by atoms with van der Waals surface area (Å²) in [6, 6.07) is 7.24. The number of piperidine rings is 1. The molecule has 8 heteroatoms. The number of hydrogen-bond acceptors (Lipinski definition) is 5. The highest BCUT2D eigenvalue weighted by Gasteiger charge is 2.37. The Hall–Kier alpha value is -3.26. The summed E-state index contributed by atoms with van der Waals surface area (Å²) in [5.74, 6) is -0.255. The molecular weight excluding hydrogens is 392 g/mol. The molecule has 31 heavy (non-hydrogen) atoms. The molecule has 2 aliphatic heterocycles. The van der Waals surface area contributed by atoms with Gasteiger partial charge in [-0.1, -0.05) is 6.07 Å². The molecule has 3 aromatic heterocycles. The molecule has 1 atom stereocenters. The zero-order chi connectivity index (χ0) is 21.4. The quantitative estimate of drug-likeness (QED) is 0.678. The van der Waals surface area contributed by atoms with Gasteiger partial charge in [0.05, 0.1) is 17.7 Å². The molecule has 1 saturated heterocycles. The number of aromatic nitrogens is 4. The molecule has 0 aliphatic carbocycles. The molecular formula is C23H26N6O2. The van der Waals surface area contributed by atoms with E-state index in [1.807, 2.05) is 37.4 Å². The highest BCUT2D eigenvalue weighted by Crippen LogP contribution is 2.33. The predicted molar refractivity (Wildman–Crippen MR) is 116 cm³/mol. The van der Waals surface area contributed by atoms with Crippen molar-refractivity contribution in [3.63, 3.8) is 0 Å². The fraction of sp³-hybridized carbons (Fsp3) is 0.391. The predicted octanol–water partition coefficient (Wildman–Crippen LogP) is 1.99. The minimum Gasteiger partial charge on any atom is -0.348 e. The van der Waals surface area contributed by atoms with Gasteiger partial charge in [0.2, 0.25) is 0 Å². The Labute approximate surface area is 180 Å². The Morgan fingerprint density at radius 1 is 1.16 bits per heavy atom. The second kappa shape index (κ2) is 8.11. The minimum atomic E-state index is -0.421. The number of nitrogens with zero attached hydrogens (tertiary/aromatic N) is 4. The number of hydrogen-bond donors (Lipinski definition) is 2. The van der Waals surface area contributed by atoms with E-state index in [1.54, 1.807) is 22.0 Å². The Morgan fingerprint density at radius 2 is 2.00 bits per heavy atom. The van der Waals surface area contributed by atoms with Gasteiger partial charge in [0, 0.05) is 37.1 Å². The van der Waals surface area contributed by atoms with Gasteiger partial charge in [-0.15, -0.1) is 0 Å². The normalized spacial score (nSPS) is 19.3. The van der Waals surface area contributed by atoms with Crippen LogP contribution in [0.2, 0.25) is 0 Å². The molecule has 8 nitrogen and oxygen atoms in total. The molecule has 1 fully saturated rings. The van der Waals surface area contributed by atoms with Crippen LogP contribution in [0.5, 0.6) is 0 Å². The van der Waals surface area contributed by atoms with E-state index < -0.39 is 6.04 Å². The summed E-state index contributed by atoms with van der Waals surface area (Å²) in [4.78, 5) is 41.2. The van der Waals surface area contributed by atoms with Crippen LogP contribution in [-0.2, 0) is 6.42 Å². The third-order valence-electron chi connectivity index (χ3n) is 6.40. The van der Waals surface area contributed by atoms with Gasteiger partial charge < -0.3 is 19.8 Å². The topological polar surface area (TPSA) is 95.9 Å². The van der Waals surface area contributed by atoms with Crippen LogP contribution >= 0.6 is 0 Å². The maximum atomic E-state index is 13.8. The third-order valence-corrected chi connectivity index (χ3v) is 6.40. The van der Waals surface area contributed by atoms with E-state index in [4.69, 9.17) is 0 Å². The summed E-state index contributed by atoms with van der Waals surface area (Å²) in [5.41, 5.74) is 3.30. The van der Waals surface area contributed by atoms with Gasteiger partial charge in [0.15, 0.2) is 0 Å². The number of carbonyl (C=O) groups is 1. The molecule has 160 valence electrons. The Kier molecular flexibility index (Phi) is 5.15. The maximum Gasteiger partial charge on any atom is 0.263 e. The summed E-state index contributed by atoms with van der Waals surface area (Å²) in [7, 11) is 0. The van der Waals surface area contributed by atoms with Crippen LogP contribution in [0.25, 0.3) is 0 Å². The smallest absolute Gasteiger partial charge is 0.263 e. The number of fused-ring (bicyclic) bond motifs is 1. The van der Waals surface area contributed by atoms with Crippen LogP contribution in [0.4, 0.5) is 0 Å². The lowest BCUT2D eigenvalue weighted by Gasteiger charge is -2.35. The maximum absolute atomic E-state index is 13.8. The van der Waals surface area contributed by atoms with Gasteiger partial charge in [-0.3, -0.25) is 14.6 Å². The highest BCUT2D eigenvalue weighted by molar-refractivity contribution is 5.96. The lowest BCUT2D eigenvalue weighted by molar-refractivity contribution is 0.0683. The summed E-state index contributed by atoms with van der Waals surface area (Å²) in [6.07, 6.45) is 7.64. The summed E-state index contributed by atoms with van der Waals surface area (Å²) in [6.45, 7) is 4.09. The van der Waals surface area contributed by atoms with Crippen molar-refractivity contribution in [2.24, 2.45) is 0 Å². The number of carbonyl (C=O) groups excluding carboxylic acids is 1. The molecule has 0 aromatic carbocycles. The van der Waals surface area contributed by atoms with E-state index in [9.17, 15) is 9.59 Å². The van der Waals surface area contributed by atoms with Gasteiger partial charge in [0.1, 0.15) is 11.6 Å². The van der Waals surface area contributed by atoms with Crippen molar-refractivity contribution in [1.82, 2.24) is 29.7 Å². The molecule has 3 aromatic rings. The van der Waals surface area contributed by atoms with E-state index in [0.717, 1.165) is 43.0 Å². The fourth-order valence-corrected chi connectivity index (χ4v) is 4.75. The molecule has 5 heterocycles. The number of rotatable bonds is 3. The number of pyridine rings is 2. The van der Waals surface area contributed by atoms with Crippen molar-refractivity contribution in [2.75, 3.05) is 19.6 Å². The molecule has 0 spiro atoms. The van der Waals surface area contributed by atoms with E-state index >= 15 is 0 Å². The largest absolute Gasteiger partial charge is 0.348 e. The number of aryl methyl sites for hydroxylation is 1. The number of aromatic amines is 1. The second-order valence-corrected chi connectivity index (χ2v) is 8.24. The van der Waals surface area contributed by atoms with Gasteiger partial charge in [-0.05, 0) is 56.6 Å². The molecule has 1 amide bonds. The van der Waals surface area contributed by atoms with E-state index in [0.29, 0.717) is 18.5 Å². The monoisotopic (exact) mass is 418 g/mol. The lowest BCUT2D eigenvalue weighted by Crippen LogP contribution is -2.44. The third kappa shape index (κ3) is 3.46. The van der Waals surface area contributed by atoms with Crippen molar-refractivity contribution >= 4 is 5.91 Å². The molecule has 2 aliphatic rings. The minimum absolute atomic E-state index is 0.117. The summed E-state index contributed by atoms with van der Waals surface area (Å²) >= 11 is 0. The van der Waals surface area contributed by atoms with Crippen LogP contribution in [0.3, 0.4) is 0 Å². The average Bonchev–Trinajstić information content (AvgIpc) is 3.28. The zero-order valence-corrected chi connectivity index (χ0v) is 17.5. The first kappa shape index (κ1) is 19.7. The molecule has 5 rings (SSSR count). The average molecular weight is 419 g/mol. The zero-order valence-electron chi connectivity index (χ0n) is 17.5. The van der Waals surface area contributed by atoms with Crippen LogP contribution in [0.1, 0.15) is 57.9 Å². The van der Waals surface area contributed by atoms with Crippen molar-refractivity contribution in [2.45, 2.75) is 38.3 Å². The Balaban J connectivity index is 1.57. The standard InChI is InChI=1S/C23H26N6O2/c1-15-7-12-28(16-5-10-24-11-6-16)22(30)19(15)23(31)29-13-8-17-20(27-14-26-17)21(29)18-4-2-3-9-25-18/h2-4,7,9,12,14,16,21,24H,5-6,8,10-11,13H2,1H3,(H,26,27). The summed E-state index contributed by atoms with van der Waals surface area (Å²) < 4.78 is 1.75. The van der Waals surface area contributed by atoms with E-state index in [1.165, 1.54) is 0 Å². The van der Waals surface area contributed by atoms with Crippen molar-refractivity contribution in [1.29, 1.82) is 0 Å². The van der Waals surface area contributed by atoms with Crippen LogP contribution < -0.4 is 10.9 Å². The van der Waals surface area contributed by atoms with E-state index in [2.05, 4.69) is 20.3 Å². The molecule has 0 radical (unpaired) electrons. The Morgan fingerprint density at radius 3 is 2.77 bits per heavy atom. The number of H-pyrrole nitrogens is 1. The second-order valence-electron chi connectivity index (χ2n) is 8.24. The number of nitrogens with one attached hydrogen (secondary N) is 2. The fourth-order valence-electron chi connectivity index (χ4n) is 4.75. The van der Waals surface area contributed by atoms with Gasteiger partial charge in [-0.2, -0.15) is 0 Å². The number of imidazole rings is 1. The van der Waals surface area contributed by atoms with Gasteiger partial charge >= 0.3 is 0 Å². The molecule has 0 bridgehead atoms. The molecule has 1 unspecified atom stereocenters. The van der Waals surface area contributed by atoms with Crippen molar-refractivity contribution < 1.29 is 4.79 Å². The first-order chi connectivity index (χ1) is 15.1. The SMILES string of the molecule is Cc1ccn(C2CCNCC2)c(=O)c1C(=O)N1CCc2[nH]cnc2C1c1ccccn1. The van der Waals surface area contributed by atoms with Crippen LogP contribution in [0, 0.1) is 6.92 Å². The van der Waals surface area contributed by atoms with Crippen molar-refractivity contribution in [3.8, 4) is 0 Å². The van der Waals surface area contributed by atoms with Gasteiger partial charge in [0.25, 0.3) is 11.5 Å². The van der Waals surface area contributed by atoms with Gasteiger partial charge in [-0.25, -0.2) is 4.98 Å². The summed E-state index contributed by atoms with van der Waals surface area (Å²) in [5, 5.41) is 3.33. The molecule has 0 saturated carbocycles.